The van der Waals surface area contributed by atoms with E-state index in [9.17, 15) is 18.3 Å². The Morgan fingerprint density at radius 3 is 2.57 bits per heavy atom. The second-order valence-corrected chi connectivity index (χ2v) is 10.8. The molecule has 0 unspecified atom stereocenters. The van der Waals surface area contributed by atoms with Crippen molar-refractivity contribution in [3.63, 3.8) is 0 Å². The van der Waals surface area contributed by atoms with Crippen molar-refractivity contribution in [2.45, 2.75) is 25.5 Å². The predicted molar refractivity (Wildman–Crippen MR) is 143 cm³/mol. The van der Waals surface area contributed by atoms with Gasteiger partial charge in [-0.05, 0) is 54.3 Å². The van der Waals surface area contributed by atoms with Crippen molar-refractivity contribution in [1.29, 1.82) is 5.41 Å². The summed E-state index contributed by atoms with van der Waals surface area (Å²) in [6, 6.07) is 10.1. The van der Waals surface area contributed by atoms with Gasteiger partial charge in [-0.2, -0.15) is 0 Å². The number of hydrogen-bond acceptors (Lipinski definition) is 9. The summed E-state index contributed by atoms with van der Waals surface area (Å²) in [5, 5.41) is 20.7. The number of sulfonamides is 1. The SMILES string of the molecule is CS(=O)(=O)Nc1ccc(NC(=O)C(=N)c2cc(-c3cncc(CN4CCC(O)CC4)c3)ccc2N)cn1. The monoisotopic (exact) mass is 523 g/mol. The number of carbonyl (C=O) groups excluding carboxylic acids is 1. The number of aliphatic hydroxyl groups excluding tert-OH is 1. The molecule has 194 valence electrons. The van der Waals surface area contributed by atoms with E-state index in [1.165, 1.54) is 18.3 Å². The number of nitrogens with zero attached hydrogens (tertiary/aromatic N) is 3. The molecule has 0 bridgehead atoms. The minimum absolute atomic E-state index is 0.112. The highest BCUT2D eigenvalue weighted by Gasteiger charge is 2.19. The minimum atomic E-state index is -3.47. The second kappa shape index (κ2) is 11.0. The molecule has 1 fully saturated rings. The van der Waals surface area contributed by atoms with Gasteiger partial charge in [0.05, 0.1) is 24.2 Å². The van der Waals surface area contributed by atoms with Crippen LogP contribution in [0.3, 0.4) is 0 Å². The lowest BCUT2D eigenvalue weighted by Gasteiger charge is -2.29. The first-order valence-corrected chi connectivity index (χ1v) is 13.5. The van der Waals surface area contributed by atoms with Gasteiger partial charge in [-0.15, -0.1) is 0 Å². The zero-order chi connectivity index (χ0) is 26.6. The van der Waals surface area contributed by atoms with Crippen LogP contribution in [-0.2, 0) is 21.4 Å². The van der Waals surface area contributed by atoms with Gasteiger partial charge in [0, 0.05) is 48.8 Å². The van der Waals surface area contributed by atoms with Crippen molar-refractivity contribution in [3.8, 4) is 11.1 Å². The molecule has 6 N–H and O–H groups in total. The fourth-order valence-corrected chi connectivity index (χ4v) is 4.55. The van der Waals surface area contributed by atoms with E-state index in [1.54, 1.807) is 18.3 Å². The van der Waals surface area contributed by atoms with Crippen LogP contribution in [0.2, 0.25) is 0 Å². The maximum atomic E-state index is 12.8. The van der Waals surface area contributed by atoms with Crippen molar-refractivity contribution in [2.75, 3.05) is 35.1 Å². The molecule has 3 heterocycles. The molecule has 1 aliphatic rings. The summed E-state index contributed by atoms with van der Waals surface area (Å²) in [6.45, 7) is 2.38. The fraction of sp³-hybridized carbons (Fsp3) is 0.280. The molecule has 37 heavy (non-hydrogen) atoms. The average Bonchev–Trinajstić information content (AvgIpc) is 2.86. The lowest BCUT2D eigenvalue weighted by atomic mass is 9.99. The Hall–Kier alpha value is -3.87. The molecule has 2 aromatic heterocycles. The Morgan fingerprint density at radius 1 is 1.14 bits per heavy atom. The molecule has 1 aromatic carbocycles. The van der Waals surface area contributed by atoms with E-state index in [0.29, 0.717) is 5.69 Å². The van der Waals surface area contributed by atoms with Crippen LogP contribution in [0.1, 0.15) is 24.0 Å². The van der Waals surface area contributed by atoms with E-state index in [1.807, 2.05) is 18.3 Å². The van der Waals surface area contributed by atoms with E-state index in [-0.39, 0.29) is 28.9 Å². The van der Waals surface area contributed by atoms with Crippen molar-refractivity contribution in [1.82, 2.24) is 14.9 Å². The highest BCUT2D eigenvalue weighted by Crippen LogP contribution is 2.26. The average molecular weight is 524 g/mol. The first-order valence-electron chi connectivity index (χ1n) is 11.7. The Morgan fingerprint density at radius 2 is 1.89 bits per heavy atom. The molecule has 0 radical (unpaired) electrons. The Labute approximate surface area is 215 Å². The van der Waals surface area contributed by atoms with Gasteiger partial charge < -0.3 is 16.2 Å². The van der Waals surface area contributed by atoms with Crippen molar-refractivity contribution >= 4 is 38.8 Å². The summed E-state index contributed by atoms with van der Waals surface area (Å²) in [6.07, 6.45) is 7.13. The topological polar surface area (TPSA) is 174 Å². The van der Waals surface area contributed by atoms with E-state index in [0.717, 1.165) is 55.4 Å². The third-order valence-electron chi connectivity index (χ3n) is 5.95. The number of nitrogens with two attached hydrogens (primary N) is 1. The van der Waals surface area contributed by atoms with Crippen LogP contribution >= 0.6 is 0 Å². The molecule has 12 heteroatoms. The zero-order valence-corrected chi connectivity index (χ0v) is 21.1. The molecule has 0 atom stereocenters. The summed E-state index contributed by atoms with van der Waals surface area (Å²) >= 11 is 0. The lowest BCUT2D eigenvalue weighted by molar-refractivity contribution is -0.110. The van der Waals surface area contributed by atoms with Crippen LogP contribution < -0.4 is 15.8 Å². The first-order chi connectivity index (χ1) is 17.6. The van der Waals surface area contributed by atoms with Gasteiger partial charge in [0.25, 0.3) is 5.91 Å². The van der Waals surface area contributed by atoms with Crippen LogP contribution in [0.25, 0.3) is 11.1 Å². The molecule has 4 rings (SSSR count). The predicted octanol–water partition coefficient (Wildman–Crippen LogP) is 2.06. The second-order valence-electron chi connectivity index (χ2n) is 9.03. The number of pyridine rings is 2. The van der Waals surface area contributed by atoms with Crippen molar-refractivity contribution < 1.29 is 18.3 Å². The summed E-state index contributed by atoms with van der Waals surface area (Å²) in [4.78, 5) is 23.4. The summed E-state index contributed by atoms with van der Waals surface area (Å²) < 4.78 is 24.9. The number of hydrogen-bond donors (Lipinski definition) is 5. The third kappa shape index (κ3) is 7.09. The van der Waals surface area contributed by atoms with E-state index < -0.39 is 15.9 Å². The van der Waals surface area contributed by atoms with E-state index in [2.05, 4.69) is 24.9 Å². The highest BCUT2D eigenvalue weighted by atomic mass is 32.2. The maximum absolute atomic E-state index is 12.8. The highest BCUT2D eigenvalue weighted by molar-refractivity contribution is 7.92. The molecule has 1 amide bonds. The number of nitrogens with one attached hydrogen (secondary N) is 3. The fourth-order valence-electron chi connectivity index (χ4n) is 4.05. The number of carbonyl (C=O) groups is 1. The molecule has 3 aromatic rings. The number of aromatic nitrogens is 2. The molecule has 11 nitrogen and oxygen atoms in total. The van der Waals surface area contributed by atoms with Crippen LogP contribution in [-0.4, -0.2) is 65.5 Å². The molecular formula is C25H29N7O4S. The zero-order valence-electron chi connectivity index (χ0n) is 20.3. The largest absolute Gasteiger partial charge is 0.398 e. The van der Waals surface area contributed by atoms with Crippen molar-refractivity contribution in [3.05, 3.63) is 66.1 Å². The van der Waals surface area contributed by atoms with Gasteiger partial charge in [0.15, 0.2) is 0 Å². The summed E-state index contributed by atoms with van der Waals surface area (Å²) in [5.74, 6) is -0.574. The number of aliphatic hydroxyl groups is 1. The van der Waals surface area contributed by atoms with E-state index in [4.69, 9.17) is 11.1 Å². The number of rotatable bonds is 8. The Bertz CT molecular complexity index is 1400. The van der Waals surface area contributed by atoms with Crippen LogP contribution in [0.5, 0.6) is 0 Å². The number of likely N-dealkylation sites (tertiary alicyclic amines) is 1. The lowest BCUT2D eigenvalue weighted by Crippen LogP contribution is -2.35. The molecular weight excluding hydrogens is 494 g/mol. The molecule has 1 saturated heterocycles. The standard InChI is InChI=1S/C25H29N7O4S/c1-37(35,36)31-23-5-3-19(14-29-23)30-25(34)24(27)21-11-17(2-4-22(21)26)18-10-16(12-28-13-18)15-32-8-6-20(33)7-9-32/h2-5,10-14,20,27,33H,6-9,15,26H2,1H3,(H,29,31)(H,30,34). The van der Waals surface area contributed by atoms with Crippen LogP contribution in [0, 0.1) is 5.41 Å². The van der Waals surface area contributed by atoms with Gasteiger partial charge in [-0.25, -0.2) is 13.4 Å². The normalized spacial score (nSPS) is 14.8. The molecule has 1 aliphatic heterocycles. The molecule has 0 saturated carbocycles. The summed E-state index contributed by atoms with van der Waals surface area (Å²) in [5.41, 5.74) is 9.26. The van der Waals surface area contributed by atoms with Crippen LogP contribution in [0.4, 0.5) is 17.2 Å². The number of amides is 1. The van der Waals surface area contributed by atoms with Crippen molar-refractivity contribution in [2.24, 2.45) is 0 Å². The molecule has 0 spiro atoms. The first kappa shape index (κ1) is 26.2. The third-order valence-corrected chi connectivity index (χ3v) is 6.53. The minimum Gasteiger partial charge on any atom is -0.398 e. The van der Waals surface area contributed by atoms with Gasteiger partial charge in [0.2, 0.25) is 10.0 Å². The number of anilines is 3. The van der Waals surface area contributed by atoms with Gasteiger partial charge in [-0.3, -0.25) is 24.8 Å². The Kier molecular flexibility index (Phi) is 7.81. The number of nitrogen functional groups attached to an aromatic ring is 1. The summed E-state index contributed by atoms with van der Waals surface area (Å²) in [7, 11) is -3.47. The van der Waals surface area contributed by atoms with Gasteiger partial charge >= 0.3 is 0 Å². The quantitative estimate of drug-likeness (QED) is 0.220. The van der Waals surface area contributed by atoms with Gasteiger partial charge in [-0.1, -0.05) is 6.07 Å². The van der Waals surface area contributed by atoms with Crippen LogP contribution in [0.15, 0.2) is 55.0 Å². The smallest absolute Gasteiger partial charge is 0.274 e. The Balaban J connectivity index is 1.47. The molecule has 0 aliphatic carbocycles. The van der Waals surface area contributed by atoms with E-state index >= 15 is 0 Å². The maximum Gasteiger partial charge on any atom is 0.274 e. The number of piperidine rings is 1. The van der Waals surface area contributed by atoms with Gasteiger partial charge in [0.1, 0.15) is 11.5 Å². The number of benzene rings is 1.